The topological polar surface area (TPSA) is 49.9 Å². The van der Waals surface area contributed by atoms with E-state index in [-0.39, 0.29) is 17.2 Å². The van der Waals surface area contributed by atoms with Gasteiger partial charge in [0, 0.05) is 37.2 Å². The van der Waals surface area contributed by atoms with E-state index in [1.165, 1.54) is 0 Å². The SMILES string of the molecule is CC(C)(C)C(=O)N1CCN(C(=O)C2=Cc3ccccc3OC2)CC1. The van der Waals surface area contributed by atoms with Gasteiger partial charge in [0.1, 0.15) is 12.4 Å². The Labute approximate surface area is 142 Å². The molecule has 3 rings (SSSR count). The number of piperazine rings is 1. The highest BCUT2D eigenvalue weighted by Crippen LogP contribution is 2.27. The van der Waals surface area contributed by atoms with Crippen molar-refractivity contribution in [1.82, 2.24) is 9.80 Å². The number of para-hydroxylation sites is 1. The van der Waals surface area contributed by atoms with Gasteiger partial charge in [0.15, 0.2) is 0 Å². The number of fused-ring (bicyclic) bond motifs is 1. The van der Waals surface area contributed by atoms with Crippen LogP contribution >= 0.6 is 0 Å². The van der Waals surface area contributed by atoms with Gasteiger partial charge in [0.05, 0.1) is 5.57 Å². The van der Waals surface area contributed by atoms with Gasteiger partial charge in [0.2, 0.25) is 5.91 Å². The van der Waals surface area contributed by atoms with Crippen LogP contribution in [-0.4, -0.2) is 54.4 Å². The molecule has 5 heteroatoms. The lowest BCUT2D eigenvalue weighted by atomic mass is 9.94. The lowest BCUT2D eigenvalue weighted by molar-refractivity contribution is -0.144. The van der Waals surface area contributed by atoms with Crippen LogP contribution in [0.2, 0.25) is 0 Å². The van der Waals surface area contributed by atoms with Crippen molar-refractivity contribution in [3.8, 4) is 5.75 Å². The summed E-state index contributed by atoms with van der Waals surface area (Å²) in [5.41, 5.74) is 1.23. The summed E-state index contributed by atoms with van der Waals surface area (Å²) in [6, 6.07) is 7.71. The van der Waals surface area contributed by atoms with Gasteiger partial charge in [0.25, 0.3) is 5.91 Å². The predicted molar refractivity (Wildman–Crippen MR) is 92.5 cm³/mol. The van der Waals surface area contributed by atoms with Crippen LogP contribution in [0.15, 0.2) is 29.8 Å². The third-order valence-electron chi connectivity index (χ3n) is 4.40. The van der Waals surface area contributed by atoms with Crippen molar-refractivity contribution < 1.29 is 14.3 Å². The highest BCUT2D eigenvalue weighted by Gasteiger charge is 2.32. The fourth-order valence-corrected chi connectivity index (χ4v) is 3.03. The van der Waals surface area contributed by atoms with Gasteiger partial charge in [-0.2, -0.15) is 0 Å². The van der Waals surface area contributed by atoms with Gasteiger partial charge < -0.3 is 14.5 Å². The first-order valence-electron chi connectivity index (χ1n) is 8.37. The van der Waals surface area contributed by atoms with E-state index in [2.05, 4.69) is 0 Å². The number of nitrogens with zero attached hydrogens (tertiary/aromatic N) is 2. The molecule has 0 radical (unpaired) electrons. The summed E-state index contributed by atoms with van der Waals surface area (Å²) in [5, 5.41) is 0. The molecule has 2 amide bonds. The average Bonchev–Trinajstić information content (AvgIpc) is 2.59. The molecular weight excluding hydrogens is 304 g/mol. The Morgan fingerprint density at radius 3 is 2.29 bits per heavy atom. The maximum atomic E-state index is 12.7. The predicted octanol–water partition coefficient (Wildman–Crippen LogP) is 2.18. The van der Waals surface area contributed by atoms with Crippen molar-refractivity contribution in [1.29, 1.82) is 0 Å². The summed E-state index contributed by atoms with van der Waals surface area (Å²) < 4.78 is 5.67. The number of benzene rings is 1. The molecule has 0 spiro atoms. The lowest BCUT2D eigenvalue weighted by Crippen LogP contribution is -2.53. The van der Waals surface area contributed by atoms with Crippen LogP contribution < -0.4 is 4.74 Å². The van der Waals surface area contributed by atoms with Crippen LogP contribution in [0.5, 0.6) is 5.75 Å². The number of carbonyl (C=O) groups is 2. The molecule has 5 nitrogen and oxygen atoms in total. The van der Waals surface area contributed by atoms with E-state index in [1.807, 2.05) is 60.9 Å². The van der Waals surface area contributed by atoms with E-state index in [0.29, 0.717) is 38.4 Å². The van der Waals surface area contributed by atoms with E-state index < -0.39 is 0 Å². The Hall–Kier alpha value is -2.30. The number of hydrogen-bond acceptors (Lipinski definition) is 3. The van der Waals surface area contributed by atoms with Crippen LogP contribution in [0, 0.1) is 5.41 Å². The molecule has 0 saturated carbocycles. The molecule has 0 N–H and O–H groups in total. The Morgan fingerprint density at radius 1 is 1.00 bits per heavy atom. The van der Waals surface area contributed by atoms with E-state index in [0.717, 1.165) is 11.3 Å². The van der Waals surface area contributed by atoms with Gasteiger partial charge in [-0.05, 0) is 12.1 Å². The summed E-state index contributed by atoms with van der Waals surface area (Å²) in [7, 11) is 0. The highest BCUT2D eigenvalue weighted by atomic mass is 16.5. The summed E-state index contributed by atoms with van der Waals surface area (Å²) in [6.07, 6.45) is 1.91. The molecule has 2 aliphatic heterocycles. The van der Waals surface area contributed by atoms with Crippen LogP contribution in [0.3, 0.4) is 0 Å². The molecule has 24 heavy (non-hydrogen) atoms. The molecule has 0 unspecified atom stereocenters. The van der Waals surface area contributed by atoms with E-state index in [4.69, 9.17) is 4.74 Å². The molecule has 0 aliphatic carbocycles. The summed E-state index contributed by atoms with van der Waals surface area (Å²) in [5.74, 6) is 0.964. The quantitative estimate of drug-likeness (QED) is 0.794. The largest absolute Gasteiger partial charge is 0.488 e. The second-order valence-corrected chi connectivity index (χ2v) is 7.33. The number of amides is 2. The first-order chi connectivity index (χ1) is 11.4. The van der Waals surface area contributed by atoms with Crippen molar-refractivity contribution in [2.24, 2.45) is 5.41 Å². The Balaban J connectivity index is 1.64. The summed E-state index contributed by atoms with van der Waals surface area (Å²) in [6.45, 7) is 8.40. The number of rotatable bonds is 1. The molecule has 1 fully saturated rings. The summed E-state index contributed by atoms with van der Waals surface area (Å²) in [4.78, 5) is 28.7. The first-order valence-corrected chi connectivity index (χ1v) is 8.37. The molecular formula is C19H24N2O3. The van der Waals surface area contributed by atoms with Gasteiger partial charge in [-0.25, -0.2) is 0 Å². The fraction of sp³-hybridized carbons (Fsp3) is 0.474. The minimum absolute atomic E-state index is 0.00682. The standard InChI is InChI=1S/C19H24N2O3/c1-19(2,3)18(23)21-10-8-20(9-11-21)17(22)15-12-14-6-4-5-7-16(14)24-13-15/h4-7,12H,8-11,13H2,1-3H3. The van der Waals surface area contributed by atoms with E-state index >= 15 is 0 Å². The van der Waals surface area contributed by atoms with Crippen LogP contribution in [0.1, 0.15) is 26.3 Å². The molecule has 1 aromatic carbocycles. The summed E-state index contributed by atoms with van der Waals surface area (Å²) >= 11 is 0. The maximum Gasteiger partial charge on any atom is 0.253 e. The van der Waals surface area contributed by atoms with E-state index in [9.17, 15) is 9.59 Å². The molecule has 0 aromatic heterocycles. The Kier molecular flexibility index (Phi) is 4.35. The lowest BCUT2D eigenvalue weighted by Gasteiger charge is -2.38. The average molecular weight is 328 g/mol. The number of ether oxygens (including phenoxy) is 1. The van der Waals surface area contributed by atoms with Gasteiger partial charge in [-0.15, -0.1) is 0 Å². The second kappa shape index (κ2) is 6.30. The molecule has 2 aliphatic rings. The van der Waals surface area contributed by atoms with Gasteiger partial charge >= 0.3 is 0 Å². The second-order valence-electron chi connectivity index (χ2n) is 7.33. The van der Waals surface area contributed by atoms with Gasteiger partial charge in [-0.3, -0.25) is 9.59 Å². The molecule has 128 valence electrons. The minimum atomic E-state index is -0.379. The first kappa shape index (κ1) is 16.6. The van der Waals surface area contributed by atoms with Crippen molar-refractivity contribution in [2.45, 2.75) is 20.8 Å². The zero-order valence-electron chi connectivity index (χ0n) is 14.5. The third kappa shape index (κ3) is 3.30. The Bertz CT molecular complexity index is 680. The molecule has 0 atom stereocenters. The van der Waals surface area contributed by atoms with Crippen LogP contribution in [-0.2, 0) is 9.59 Å². The fourth-order valence-electron chi connectivity index (χ4n) is 3.03. The zero-order valence-corrected chi connectivity index (χ0v) is 14.5. The normalized spacial score (nSPS) is 17.7. The van der Waals surface area contributed by atoms with Gasteiger partial charge in [-0.1, -0.05) is 39.0 Å². The number of carbonyl (C=O) groups excluding carboxylic acids is 2. The molecule has 1 saturated heterocycles. The minimum Gasteiger partial charge on any atom is -0.488 e. The highest BCUT2D eigenvalue weighted by molar-refractivity contribution is 5.99. The monoisotopic (exact) mass is 328 g/mol. The van der Waals surface area contributed by atoms with Crippen molar-refractivity contribution in [2.75, 3.05) is 32.8 Å². The van der Waals surface area contributed by atoms with Crippen LogP contribution in [0.4, 0.5) is 0 Å². The Morgan fingerprint density at radius 2 is 1.62 bits per heavy atom. The molecule has 2 heterocycles. The smallest absolute Gasteiger partial charge is 0.253 e. The molecule has 0 bridgehead atoms. The third-order valence-corrected chi connectivity index (χ3v) is 4.40. The van der Waals surface area contributed by atoms with Crippen molar-refractivity contribution >= 4 is 17.9 Å². The van der Waals surface area contributed by atoms with Crippen molar-refractivity contribution in [3.05, 3.63) is 35.4 Å². The number of hydrogen-bond donors (Lipinski definition) is 0. The molecule has 1 aromatic rings. The van der Waals surface area contributed by atoms with Crippen LogP contribution in [0.25, 0.3) is 6.08 Å². The zero-order chi connectivity index (χ0) is 17.3. The van der Waals surface area contributed by atoms with Crippen molar-refractivity contribution in [3.63, 3.8) is 0 Å². The maximum absolute atomic E-state index is 12.7. The van der Waals surface area contributed by atoms with E-state index in [1.54, 1.807) is 0 Å².